The van der Waals surface area contributed by atoms with Gasteiger partial charge >= 0.3 is 0 Å². The first-order chi connectivity index (χ1) is 13.2. The maximum Gasteiger partial charge on any atom is 0.273 e. The van der Waals surface area contributed by atoms with Gasteiger partial charge in [0.15, 0.2) is 0 Å². The quantitative estimate of drug-likeness (QED) is 0.820. The molecule has 1 aliphatic heterocycles. The van der Waals surface area contributed by atoms with Gasteiger partial charge in [-0.2, -0.15) is 0 Å². The van der Waals surface area contributed by atoms with Crippen molar-refractivity contribution in [3.63, 3.8) is 0 Å². The fourth-order valence-electron chi connectivity index (χ4n) is 3.78. The number of aliphatic imine (C=N–C) groups is 1. The summed E-state index contributed by atoms with van der Waals surface area (Å²) in [5.74, 6) is 0.530. The molecule has 0 saturated carbocycles. The van der Waals surface area contributed by atoms with Crippen molar-refractivity contribution >= 4 is 22.9 Å². The van der Waals surface area contributed by atoms with Crippen molar-refractivity contribution in [1.82, 2.24) is 0 Å². The summed E-state index contributed by atoms with van der Waals surface area (Å²) in [5.41, 5.74) is 6.02. The van der Waals surface area contributed by atoms with Crippen LogP contribution in [0.4, 0.5) is 5.69 Å². The Bertz CT molecular complexity index is 913. The maximum absolute atomic E-state index is 12.8. The van der Waals surface area contributed by atoms with E-state index in [4.69, 9.17) is 4.74 Å². The van der Waals surface area contributed by atoms with Crippen molar-refractivity contribution in [2.75, 3.05) is 19.0 Å². The molecule has 0 bridgehead atoms. The third kappa shape index (κ3) is 3.80. The zero-order valence-electron chi connectivity index (χ0n) is 15.6. The van der Waals surface area contributed by atoms with E-state index < -0.39 is 0 Å². The van der Waals surface area contributed by atoms with Crippen LogP contribution >= 0.6 is 0 Å². The molecule has 27 heavy (non-hydrogen) atoms. The van der Waals surface area contributed by atoms with Crippen molar-refractivity contribution in [1.29, 1.82) is 0 Å². The van der Waals surface area contributed by atoms with Gasteiger partial charge in [-0.1, -0.05) is 36.8 Å². The molecule has 1 aliphatic carbocycles. The normalized spacial score (nSPS) is 16.0. The molecular formula is C23H24N2O2. The van der Waals surface area contributed by atoms with Crippen LogP contribution in [0.15, 0.2) is 53.5 Å². The van der Waals surface area contributed by atoms with Crippen LogP contribution in [0, 0.1) is 0 Å². The molecule has 0 saturated heterocycles. The second kappa shape index (κ2) is 7.78. The highest BCUT2D eigenvalue weighted by Crippen LogP contribution is 2.32. The number of aryl methyl sites for hydroxylation is 2. The molecule has 1 amide bonds. The molecule has 2 aromatic carbocycles. The van der Waals surface area contributed by atoms with Crippen molar-refractivity contribution in [2.24, 2.45) is 4.99 Å². The molecule has 0 fully saturated rings. The lowest BCUT2D eigenvalue weighted by atomic mass is 10.0. The number of nitrogens with zero attached hydrogens (tertiary/aromatic N) is 1. The first kappa shape index (κ1) is 17.5. The van der Waals surface area contributed by atoms with Crippen LogP contribution in [-0.2, 0) is 17.6 Å². The molecule has 1 N–H and O–H groups in total. The molecule has 0 radical (unpaired) electrons. The zero-order chi connectivity index (χ0) is 18.6. The number of methoxy groups -OCH3 is 1. The zero-order valence-corrected chi connectivity index (χ0v) is 15.6. The summed E-state index contributed by atoms with van der Waals surface area (Å²) in [4.78, 5) is 17.2. The summed E-state index contributed by atoms with van der Waals surface area (Å²) >= 11 is 0. The van der Waals surface area contributed by atoms with Crippen molar-refractivity contribution in [2.45, 2.75) is 32.1 Å². The summed E-state index contributed by atoms with van der Waals surface area (Å²) in [6, 6.07) is 14.2. The third-order valence-electron chi connectivity index (χ3n) is 5.27. The Morgan fingerprint density at radius 2 is 1.78 bits per heavy atom. The van der Waals surface area contributed by atoms with Gasteiger partial charge in [-0.25, -0.2) is 0 Å². The van der Waals surface area contributed by atoms with Crippen LogP contribution in [0.3, 0.4) is 0 Å². The van der Waals surface area contributed by atoms with E-state index in [1.165, 1.54) is 30.4 Å². The summed E-state index contributed by atoms with van der Waals surface area (Å²) in [5, 5.41) is 3.01. The highest BCUT2D eigenvalue weighted by Gasteiger charge is 2.19. The first-order valence-electron chi connectivity index (χ1n) is 9.56. The SMILES string of the molecule is COc1cc2c(cc1NC(=O)C1=NCC(c3ccccc3)=C1)CCCCC2. The Kier molecular flexibility index (Phi) is 5.05. The predicted octanol–water partition coefficient (Wildman–Crippen LogP) is 4.44. The van der Waals surface area contributed by atoms with Crippen LogP contribution in [-0.4, -0.2) is 25.3 Å². The van der Waals surface area contributed by atoms with Gasteiger partial charge in [-0.3, -0.25) is 9.79 Å². The van der Waals surface area contributed by atoms with Gasteiger partial charge in [0.05, 0.1) is 19.3 Å². The number of carbonyl (C=O) groups is 1. The van der Waals surface area contributed by atoms with E-state index in [-0.39, 0.29) is 5.91 Å². The molecular weight excluding hydrogens is 336 g/mol. The number of fused-ring (bicyclic) bond motifs is 1. The van der Waals surface area contributed by atoms with Gasteiger partial charge in [0.2, 0.25) is 0 Å². The fourth-order valence-corrected chi connectivity index (χ4v) is 3.78. The summed E-state index contributed by atoms with van der Waals surface area (Å²) in [7, 11) is 1.65. The number of nitrogens with one attached hydrogen (secondary N) is 1. The fraction of sp³-hybridized carbons (Fsp3) is 0.304. The minimum absolute atomic E-state index is 0.187. The topological polar surface area (TPSA) is 50.7 Å². The smallest absolute Gasteiger partial charge is 0.273 e. The lowest BCUT2D eigenvalue weighted by Crippen LogP contribution is -2.21. The largest absolute Gasteiger partial charge is 0.495 e. The summed E-state index contributed by atoms with van der Waals surface area (Å²) < 4.78 is 5.54. The van der Waals surface area contributed by atoms with E-state index in [0.29, 0.717) is 12.3 Å². The standard InChI is InChI=1S/C23H24N2O2/c1-27-22-14-18-11-7-3-6-10-17(18)12-20(22)25-23(26)21-13-19(15-24-21)16-8-4-2-5-9-16/h2,4-5,8-9,12-14H,3,6-7,10-11,15H2,1H3,(H,25,26). The Morgan fingerprint density at radius 1 is 1.04 bits per heavy atom. The highest BCUT2D eigenvalue weighted by atomic mass is 16.5. The van der Waals surface area contributed by atoms with Crippen molar-refractivity contribution < 1.29 is 9.53 Å². The van der Waals surface area contributed by atoms with Crippen LogP contribution in [0.5, 0.6) is 5.75 Å². The first-order valence-corrected chi connectivity index (χ1v) is 9.56. The van der Waals surface area contributed by atoms with Gasteiger partial charge in [0, 0.05) is 0 Å². The monoisotopic (exact) mass is 360 g/mol. The summed E-state index contributed by atoms with van der Waals surface area (Å²) in [6.07, 6.45) is 7.68. The molecule has 4 heteroatoms. The average molecular weight is 360 g/mol. The molecule has 0 unspecified atom stereocenters. The van der Waals surface area contributed by atoms with E-state index in [2.05, 4.69) is 22.4 Å². The molecule has 2 aliphatic rings. The molecule has 4 rings (SSSR count). The molecule has 0 atom stereocenters. The number of anilines is 1. The number of benzene rings is 2. The highest BCUT2D eigenvalue weighted by molar-refractivity contribution is 6.49. The lowest BCUT2D eigenvalue weighted by molar-refractivity contribution is -0.110. The van der Waals surface area contributed by atoms with Gasteiger partial charge in [-0.05, 0) is 66.2 Å². The number of hydrogen-bond donors (Lipinski definition) is 1. The average Bonchev–Trinajstić information content (AvgIpc) is 3.09. The molecule has 0 spiro atoms. The number of amides is 1. The Hall–Kier alpha value is -2.88. The number of ether oxygens (including phenoxy) is 1. The van der Waals surface area contributed by atoms with E-state index in [0.717, 1.165) is 35.4 Å². The van der Waals surface area contributed by atoms with Gasteiger partial charge in [0.25, 0.3) is 5.91 Å². The van der Waals surface area contributed by atoms with Crippen molar-refractivity contribution in [3.8, 4) is 5.75 Å². The van der Waals surface area contributed by atoms with E-state index in [1.807, 2.05) is 36.4 Å². The van der Waals surface area contributed by atoms with Gasteiger partial charge in [0.1, 0.15) is 11.5 Å². The molecule has 4 nitrogen and oxygen atoms in total. The Balaban J connectivity index is 1.55. The van der Waals surface area contributed by atoms with E-state index in [1.54, 1.807) is 7.11 Å². The third-order valence-corrected chi connectivity index (χ3v) is 5.27. The lowest BCUT2D eigenvalue weighted by Gasteiger charge is -2.14. The summed E-state index contributed by atoms with van der Waals surface area (Å²) in [6.45, 7) is 0.536. The number of hydrogen-bond acceptors (Lipinski definition) is 3. The minimum Gasteiger partial charge on any atom is -0.495 e. The molecule has 2 aromatic rings. The van der Waals surface area contributed by atoms with E-state index in [9.17, 15) is 4.79 Å². The molecule has 138 valence electrons. The number of carbonyl (C=O) groups excluding carboxylic acids is 1. The Labute approximate surface area is 160 Å². The Morgan fingerprint density at radius 3 is 2.52 bits per heavy atom. The number of rotatable bonds is 4. The molecule has 0 aromatic heterocycles. The second-order valence-corrected chi connectivity index (χ2v) is 7.07. The van der Waals surface area contributed by atoms with Gasteiger partial charge in [-0.15, -0.1) is 0 Å². The predicted molar refractivity (Wildman–Crippen MR) is 110 cm³/mol. The van der Waals surface area contributed by atoms with E-state index >= 15 is 0 Å². The van der Waals surface area contributed by atoms with Gasteiger partial charge < -0.3 is 10.1 Å². The van der Waals surface area contributed by atoms with Crippen LogP contribution in [0.25, 0.3) is 5.57 Å². The van der Waals surface area contributed by atoms with Crippen molar-refractivity contribution in [3.05, 3.63) is 65.2 Å². The van der Waals surface area contributed by atoms with Crippen LogP contribution < -0.4 is 10.1 Å². The van der Waals surface area contributed by atoms with Crippen LogP contribution in [0.2, 0.25) is 0 Å². The minimum atomic E-state index is -0.187. The maximum atomic E-state index is 12.8. The van der Waals surface area contributed by atoms with Crippen LogP contribution in [0.1, 0.15) is 36.0 Å². The molecule has 1 heterocycles. The second-order valence-electron chi connectivity index (χ2n) is 7.07.